The highest BCUT2D eigenvalue weighted by Crippen LogP contribution is 2.41. The van der Waals surface area contributed by atoms with E-state index < -0.39 is 33.8 Å². The number of thiophene rings is 1. The fraction of sp³-hybridized carbons (Fsp3) is 0.524. The zero-order chi connectivity index (χ0) is 25.0. The summed E-state index contributed by atoms with van der Waals surface area (Å²) in [4.78, 5) is 12.6. The van der Waals surface area contributed by atoms with E-state index in [1.165, 1.54) is 0 Å². The number of hydrogen-bond donors (Lipinski definition) is 1. The molecule has 1 aromatic carbocycles. The molecular formula is C21H26F3N3O5S2. The van der Waals surface area contributed by atoms with Crippen molar-refractivity contribution in [2.24, 2.45) is 5.92 Å². The van der Waals surface area contributed by atoms with E-state index in [1.54, 1.807) is 6.92 Å². The third-order valence-corrected chi connectivity index (χ3v) is 7.43. The molecule has 34 heavy (non-hydrogen) atoms. The molecule has 0 amide bonds. The van der Waals surface area contributed by atoms with E-state index in [4.69, 9.17) is 9.47 Å². The van der Waals surface area contributed by atoms with Gasteiger partial charge in [0.05, 0.1) is 28.9 Å². The van der Waals surface area contributed by atoms with Crippen molar-refractivity contribution < 1.29 is 31.8 Å². The van der Waals surface area contributed by atoms with Crippen LogP contribution in [0.15, 0.2) is 28.5 Å². The summed E-state index contributed by atoms with van der Waals surface area (Å²) in [6.45, 7) is 2.66. The van der Waals surface area contributed by atoms with Gasteiger partial charge in [-0.05, 0) is 58.3 Å². The molecule has 1 heterocycles. The molecule has 1 N–H and O–H groups in total. The van der Waals surface area contributed by atoms with Gasteiger partial charge >= 0.3 is 11.9 Å². The number of nitrogens with one attached hydrogen (secondary N) is 1. The van der Waals surface area contributed by atoms with Gasteiger partial charge in [0.2, 0.25) is 0 Å². The second-order valence-electron chi connectivity index (χ2n) is 8.35. The van der Waals surface area contributed by atoms with Crippen LogP contribution < -0.4 is 14.2 Å². The SMILES string of the molecule is C[C@@H](CCN(C)C)Oc1cc(NS(=O)c2cc([N+](=O)[O-])c(OCC3CC3)s2)ccc1C(F)(F)F. The molecule has 188 valence electrons. The van der Waals surface area contributed by atoms with Crippen molar-refractivity contribution in [2.45, 2.75) is 42.7 Å². The second-order valence-corrected chi connectivity index (χ2v) is 10.8. The van der Waals surface area contributed by atoms with Crippen molar-refractivity contribution in [1.29, 1.82) is 0 Å². The number of alkyl halides is 3. The van der Waals surface area contributed by atoms with E-state index in [0.717, 1.165) is 48.4 Å². The Morgan fingerprint density at radius 3 is 2.62 bits per heavy atom. The topological polar surface area (TPSA) is 93.9 Å². The molecule has 13 heteroatoms. The minimum atomic E-state index is -4.63. The van der Waals surface area contributed by atoms with Gasteiger partial charge in [-0.15, -0.1) is 0 Å². The van der Waals surface area contributed by atoms with Crippen LogP contribution in [0.5, 0.6) is 10.8 Å². The molecule has 1 aliphatic carbocycles. The summed E-state index contributed by atoms with van der Waals surface area (Å²) >= 11 is 0.874. The van der Waals surface area contributed by atoms with Gasteiger partial charge in [0.15, 0.2) is 11.0 Å². The van der Waals surface area contributed by atoms with Crippen LogP contribution >= 0.6 is 11.3 Å². The number of nitro groups is 1. The molecular weight excluding hydrogens is 495 g/mol. The molecule has 3 rings (SSSR count). The summed E-state index contributed by atoms with van der Waals surface area (Å²) in [5.41, 5.74) is -1.11. The molecule has 1 fully saturated rings. The normalized spacial score (nSPS) is 15.7. The monoisotopic (exact) mass is 521 g/mol. The van der Waals surface area contributed by atoms with E-state index in [-0.39, 0.29) is 26.4 Å². The average molecular weight is 522 g/mol. The number of hydrogen-bond acceptors (Lipinski definition) is 7. The van der Waals surface area contributed by atoms with Gasteiger partial charge < -0.3 is 19.1 Å². The molecule has 0 saturated heterocycles. The Labute approximate surface area is 201 Å². The van der Waals surface area contributed by atoms with Gasteiger partial charge in [0.25, 0.3) is 5.06 Å². The Bertz CT molecular complexity index is 1040. The van der Waals surface area contributed by atoms with Gasteiger partial charge in [-0.2, -0.15) is 13.2 Å². The lowest BCUT2D eigenvalue weighted by Gasteiger charge is -2.21. The number of ether oxygens (including phenoxy) is 2. The summed E-state index contributed by atoms with van der Waals surface area (Å²) in [6.07, 6.45) is -2.60. The Balaban J connectivity index is 1.78. The minimum absolute atomic E-state index is 0.0632. The summed E-state index contributed by atoms with van der Waals surface area (Å²) in [5, 5.41) is 11.4. The maximum Gasteiger partial charge on any atom is 0.419 e. The number of halogens is 3. The van der Waals surface area contributed by atoms with Gasteiger partial charge in [-0.1, -0.05) is 11.3 Å². The Kier molecular flexibility index (Phi) is 8.42. The first kappa shape index (κ1) is 26.2. The van der Waals surface area contributed by atoms with E-state index in [9.17, 15) is 27.5 Å². The molecule has 0 radical (unpaired) electrons. The second kappa shape index (κ2) is 10.9. The first-order chi connectivity index (χ1) is 15.9. The summed E-state index contributed by atoms with van der Waals surface area (Å²) in [5.74, 6) is -0.00849. The van der Waals surface area contributed by atoms with E-state index in [0.29, 0.717) is 25.5 Å². The lowest BCUT2D eigenvalue weighted by molar-refractivity contribution is -0.385. The van der Waals surface area contributed by atoms with Crippen LogP contribution in [-0.4, -0.2) is 47.4 Å². The minimum Gasteiger partial charge on any atom is -0.490 e. The van der Waals surface area contributed by atoms with Crippen LogP contribution in [0.25, 0.3) is 0 Å². The number of rotatable bonds is 12. The molecule has 1 aromatic heterocycles. The smallest absolute Gasteiger partial charge is 0.419 e. The van der Waals surface area contributed by atoms with E-state index in [2.05, 4.69) is 4.72 Å². The van der Waals surface area contributed by atoms with Crippen molar-refractivity contribution in [3.63, 3.8) is 0 Å². The molecule has 1 saturated carbocycles. The van der Waals surface area contributed by atoms with Crippen molar-refractivity contribution >= 4 is 33.7 Å². The quantitative estimate of drug-likeness (QED) is 0.300. The fourth-order valence-electron chi connectivity index (χ4n) is 2.93. The van der Waals surface area contributed by atoms with Crippen molar-refractivity contribution in [3.8, 4) is 10.8 Å². The fourth-order valence-corrected chi connectivity index (χ4v) is 4.97. The summed E-state index contributed by atoms with van der Waals surface area (Å²) in [7, 11) is 1.75. The first-order valence-electron chi connectivity index (χ1n) is 10.6. The van der Waals surface area contributed by atoms with Crippen LogP contribution in [0.3, 0.4) is 0 Å². The standard InChI is InChI=1S/C21H26F3N3O5S2/c1-13(8-9-26(2)3)32-18-10-15(6-7-16(18)21(22,23)24)25-34(30)19-11-17(27(28)29)20(33-19)31-12-14-4-5-14/h6-7,10-11,13-14,25H,4-5,8-9,12H2,1-3H3/t13-,34?/m0/s1. The maximum atomic E-state index is 13.5. The van der Waals surface area contributed by atoms with Gasteiger partial charge in [-0.3, -0.25) is 10.1 Å². The highest BCUT2D eigenvalue weighted by molar-refractivity contribution is 7.88. The number of benzene rings is 1. The molecule has 2 aromatic rings. The highest BCUT2D eigenvalue weighted by atomic mass is 32.2. The molecule has 1 aliphatic rings. The van der Waals surface area contributed by atoms with Crippen LogP contribution in [0.4, 0.5) is 24.5 Å². The van der Waals surface area contributed by atoms with Crippen LogP contribution in [0.2, 0.25) is 0 Å². The average Bonchev–Trinajstić information content (AvgIpc) is 3.46. The molecule has 2 atom stereocenters. The zero-order valence-corrected chi connectivity index (χ0v) is 20.5. The third kappa shape index (κ3) is 7.31. The van der Waals surface area contributed by atoms with Crippen LogP contribution in [0, 0.1) is 16.0 Å². The Morgan fingerprint density at radius 2 is 2.03 bits per heavy atom. The van der Waals surface area contributed by atoms with Gasteiger partial charge in [0, 0.05) is 18.7 Å². The van der Waals surface area contributed by atoms with Crippen molar-refractivity contribution in [3.05, 3.63) is 39.9 Å². The van der Waals surface area contributed by atoms with Crippen molar-refractivity contribution in [1.82, 2.24) is 4.90 Å². The third-order valence-electron chi connectivity index (χ3n) is 4.99. The number of anilines is 1. The molecule has 0 spiro atoms. The molecule has 1 unspecified atom stereocenters. The molecule has 0 aliphatic heterocycles. The maximum absolute atomic E-state index is 13.5. The van der Waals surface area contributed by atoms with Crippen LogP contribution in [-0.2, 0) is 17.2 Å². The lowest BCUT2D eigenvalue weighted by Crippen LogP contribution is -2.22. The Morgan fingerprint density at radius 1 is 1.32 bits per heavy atom. The first-order valence-corrected chi connectivity index (χ1v) is 12.5. The van der Waals surface area contributed by atoms with Gasteiger partial charge in [0.1, 0.15) is 9.96 Å². The zero-order valence-electron chi connectivity index (χ0n) is 18.9. The molecule has 0 bridgehead atoms. The molecule has 8 nitrogen and oxygen atoms in total. The lowest BCUT2D eigenvalue weighted by atomic mass is 10.1. The predicted octanol–water partition coefficient (Wildman–Crippen LogP) is 5.32. The van der Waals surface area contributed by atoms with E-state index >= 15 is 0 Å². The largest absolute Gasteiger partial charge is 0.490 e. The Hall–Kier alpha value is -2.38. The number of nitrogens with zero attached hydrogens (tertiary/aromatic N) is 2. The van der Waals surface area contributed by atoms with Crippen molar-refractivity contribution in [2.75, 3.05) is 32.0 Å². The summed E-state index contributed by atoms with van der Waals surface area (Å²) < 4.78 is 67.1. The predicted molar refractivity (Wildman–Crippen MR) is 124 cm³/mol. The van der Waals surface area contributed by atoms with E-state index in [1.807, 2.05) is 19.0 Å². The van der Waals surface area contributed by atoms with Crippen LogP contribution in [0.1, 0.15) is 31.7 Å². The highest BCUT2D eigenvalue weighted by Gasteiger charge is 2.35. The van der Waals surface area contributed by atoms with Gasteiger partial charge in [-0.25, -0.2) is 4.21 Å². The summed E-state index contributed by atoms with van der Waals surface area (Å²) in [6, 6.07) is 4.29.